The summed E-state index contributed by atoms with van der Waals surface area (Å²) >= 11 is 0. The molecule has 0 aromatic rings. The number of unbranched alkanes of at least 4 members (excludes halogenated alkanes) is 26. The molecule has 0 aliphatic rings. The van der Waals surface area contributed by atoms with Crippen LogP contribution in [0, 0.1) is 0 Å². The van der Waals surface area contributed by atoms with Gasteiger partial charge in [-0.25, -0.2) is 4.57 Å². The normalized spacial score (nSPS) is 13.4. The Morgan fingerprint density at radius 1 is 0.596 bits per heavy atom. The van der Waals surface area contributed by atoms with Crippen LogP contribution in [-0.4, -0.2) is 49.3 Å². The van der Waals surface area contributed by atoms with Crippen LogP contribution in [0.2, 0.25) is 0 Å². The zero-order valence-electron chi connectivity index (χ0n) is 30.5. The van der Waals surface area contributed by atoms with E-state index in [1.54, 1.807) is 0 Å². The summed E-state index contributed by atoms with van der Waals surface area (Å²) in [5, 5.41) is 0. The SMILES string of the molecule is CCCCCCCCCCCCCCCCCCCCCCCCCCCCCC(=O)OC[C@H](COP(=O)(O)OCCN)OC(C)=O. The standard InChI is InChI=1S/C37H74NO8P/c1-3-4-5-6-7-8-9-10-11-12-13-14-15-16-17-18-19-20-21-22-23-24-25-26-27-28-29-30-37(40)43-33-36(46-35(2)39)34-45-47(41,42)44-32-31-38/h36H,3-34,38H2,1-2H3,(H,41,42)/t36-/m1/s1. The van der Waals surface area contributed by atoms with Crippen LogP contribution in [0.3, 0.4) is 0 Å². The monoisotopic (exact) mass is 692 g/mol. The van der Waals surface area contributed by atoms with E-state index in [0.29, 0.717) is 0 Å². The van der Waals surface area contributed by atoms with Crippen molar-refractivity contribution in [1.29, 1.82) is 0 Å². The molecule has 0 saturated heterocycles. The summed E-state index contributed by atoms with van der Waals surface area (Å²) in [5.74, 6) is -1.01. The van der Waals surface area contributed by atoms with Gasteiger partial charge in [0.1, 0.15) is 6.61 Å². The van der Waals surface area contributed by atoms with Crippen LogP contribution in [0.1, 0.15) is 194 Å². The summed E-state index contributed by atoms with van der Waals surface area (Å²) < 4.78 is 31.4. The van der Waals surface area contributed by atoms with Crippen molar-refractivity contribution in [2.24, 2.45) is 5.73 Å². The molecule has 2 atom stereocenters. The van der Waals surface area contributed by atoms with E-state index in [-0.39, 0.29) is 26.2 Å². The summed E-state index contributed by atoms with van der Waals surface area (Å²) in [6, 6.07) is 0. The van der Waals surface area contributed by atoms with Gasteiger partial charge in [0.05, 0.1) is 13.2 Å². The van der Waals surface area contributed by atoms with Gasteiger partial charge >= 0.3 is 19.8 Å². The van der Waals surface area contributed by atoms with Gasteiger partial charge in [-0.05, 0) is 6.42 Å². The fourth-order valence-electron chi connectivity index (χ4n) is 5.75. The highest BCUT2D eigenvalue weighted by Gasteiger charge is 2.25. The fraction of sp³-hybridized carbons (Fsp3) is 0.946. The molecule has 3 N–H and O–H groups in total. The lowest BCUT2D eigenvalue weighted by Crippen LogP contribution is -2.28. The van der Waals surface area contributed by atoms with E-state index in [9.17, 15) is 19.0 Å². The Kier molecular flexibility index (Phi) is 34.1. The number of nitrogens with two attached hydrogens (primary N) is 1. The molecule has 0 heterocycles. The molecule has 0 aromatic heterocycles. The van der Waals surface area contributed by atoms with Crippen molar-refractivity contribution in [2.75, 3.05) is 26.4 Å². The van der Waals surface area contributed by atoms with Gasteiger partial charge in [0.25, 0.3) is 0 Å². The van der Waals surface area contributed by atoms with Crippen LogP contribution >= 0.6 is 7.82 Å². The van der Waals surface area contributed by atoms with Crippen molar-refractivity contribution in [1.82, 2.24) is 0 Å². The number of hydrogen-bond acceptors (Lipinski definition) is 8. The third kappa shape index (κ3) is 36.1. The number of esters is 2. The third-order valence-corrected chi connectivity index (χ3v) is 9.53. The van der Waals surface area contributed by atoms with Crippen LogP contribution in [0.4, 0.5) is 0 Å². The quantitative estimate of drug-likeness (QED) is 0.0371. The molecule has 280 valence electrons. The summed E-state index contributed by atoms with van der Waals surface area (Å²) in [7, 11) is -4.32. The molecule has 0 spiro atoms. The maximum absolute atomic E-state index is 12.1. The average Bonchev–Trinajstić information content (AvgIpc) is 3.04. The maximum Gasteiger partial charge on any atom is 0.472 e. The summed E-state index contributed by atoms with van der Waals surface area (Å²) in [6.45, 7) is 2.69. The number of rotatable bonds is 37. The van der Waals surface area contributed by atoms with E-state index in [2.05, 4.69) is 11.4 Å². The Balaban J connectivity index is 3.45. The zero-order chi connectivity index (χ0) is 34.7. The van der Waals surface area contributed by atoms with Crippen molar-refractivity contribution < 1.29 is 37.6 Å². The van der Waals surface area contributed by atoms with Gasteiger partial charge in [-0.2, -0.15) is 0 Å². The van der Waals surface area contributed by atoms with Gasteiger partial charge in [-0.15, -0.1) is 0 Å². The minimum absolute atomic E-state index is 0.0541. The van der Waals surface area contributed by atoms with E-state index in [0.717, 1.165) is 19.3 Å². The second-order valence-electron chi connectivity index (χ2n) is 13.2. The first-order valence-corrected chi connectivity index (χ1v) is 20.9. The minimum Gasteiger partial charge on any atom is -0.462 e. The fourth-order valence-corrected chi connectivity index (χ4v) is 6.52. The van der Waals surface area contributed by atoms with Gasteiger partial charge in [-0.1, -0.05) is 174 Å². The van der Waals surface area contributed by atoms with Crippen molar-refractivity contribution in [3.63, 3.8) is 0 Å². The van der Waals surface area contributed by atoms with Gasteiger partial charge in [0, 0.05) is 19.9 Å². The first-order valence-electron chi connectivity index (χ1n) is 19.5. The van der Waals surface area contributed by atoms with Crippen LogP contribution in [-0.2, 0) is 32.7 Å². The van der Waals surface area contributed by atoms with Gasteiger partial charge in [0.2, 0.25) is 0 Å². The second-order valence-corrected chi connectivity index (χ2v) is 14.7. The van der Waals surface area contributed by atoms with Crippen LogP contribution in [0.25, 0.3) is 0 Å². The smallest absolute Gasteiger partial charge is 0.462 e. The van der Waals surface area contributed by atoms with Crippen LogP contribution < -0.4 is 5.73 Å². The molecule has 9 nitrogen and oxygen atoms in total. The van der Waals surface area contributed by atoms with E-state index < -0.39 is 32.5 Å². The molecular weight excluding hydrogens is 617 g/mol. The molecule has 0 aliphatic heterocycles. The number of phosphoric acid groups is 1. The molecule has 0 rings (SSSR count). The highest BCUT2D eigenvalue weighted by Crippen LogP contribution is 2.43. The van der Waals surface area contributed by atoms with Crippen molar-refractivity contribution in [3.05, 3.63) is 0 Å². The summed E-state index contributed by atoms with van der Waals surface area (Å²) in [5.41, 5.74) is 5.24. The first kappa shape index (κ1) is 46.0. The second kappa shape index (κ2) is 34.9. The lowest BCUT2D eigenvalue weighted by atomic mass is 10.0. The molecule has 10 heteroatoms. The maximum atomic E-state index is 12.1. The highest BCUT2D eigenvalue weighted by molar-refractivity contribution is 7.47. The highest BCUT2D eigenvalue weighted by atomic mass is 31.2. The summed E-state index contributed by atoms with van der Waals surface area (Å²) in [4.78, 5) is 32.9. The Bertz CT molecular complexity index is 754. The molecule has 0 bridgehead atoms. The lowest BCUT2D eigenvalue weighted by Gasteiger charge is -2.19. The molecule has 0 aliphatic carbocycles. The van der Waals surface area contributed by atoms with Gasteiger partial charge < -0.3 is 20.1 Å². The van der Waals surface area contributed by atoms with Gasteiger partial charge in [-0.3, -0.25) is 18.6 Å². The zero-order valence-corrected chi connectivity index (χ0v) is 31.4. The lowest BCUT2D eigenvalue weighted by molar-refractivity contribution is -0.159. The Labute approximate surface area is 288 Å². The predicted molar refractivity (Wildman–Crippen MR) is 192 cm³/mol. The van der Waals surface area contributed by atoms with E-state index >= 15 is 0 Å². The largest absolute Gasteiger partial charge is 0.472 e. The Morgan fingerprint density at radius 2 is 0.957 bits per heavy atom. The number of carbonyl (C=O) groups excluding carboxylic acids is 2. The molecule has 0 fully saturated rings. The van der Waals surface area contributed by atoms with E-state index in [1.807, 2.05) is 0 Å². The molecule has 0 radical (unpaired) electrons. The average molecular weight is 692 g/mol. The topological polar surface area (TPSA) is 134 Å². The molecule has 47 heavy (non-hydrogen) atoms. The molecule has 0 saturated carbocycles. The van der Waals surface area contributed by atoms with E-state index in [1.165, 1.54) is 161 Å². The van der Waals surface area contributed by atoms with E-state index in [4.69, 9.17) is 19.7 Å². The van der Waals surface area contributed by atoms with Crippen molar-refractivity contribution in [2.45, 2.75) is 200 Å². The molecule has 1 unspecified atom stereocenters. The van der Waals surface area contributed by atoms with Crippen molar-refractivity contribution in [3.8, 4) is 0 Å². The molecular formula is C37H74NO8P. The van der Waals surface area contributed by atoms with Crippen LogP contribution in [0.15, 0.2) is 0 Å². The molecule has 0 amide bonds. The predicted octanol–water partition coefficient (Wildman–Crippen LogP) is 10.5. The number of carbonyl (C=O) groups is 2. The number of phosphoric ester groups is 1. The summed E-state index contributed by atoms with van der Waals surface area (Å²) in [6.07, 6.45) is 35.5. The van der Waals surface area contributed by atoms with Gasteiger partial charge in [0.15, 0.2) is 6.10 Å². The minimum atomic E-state index is -4.32. The molecule has 0 aromatic carbocycles. The number of hydrogen-bond donors (Lipinski definition) is 2. The Morgan fingerprint density at radius 3 is 1.30 bits per heavy atom. The number of ether oxygens (including phenoxy) is 2. The third-order valence-electron chi connectivity index (χ3n) is 8.54. The van der Waals surface area contributed by atoms with Crippen molar-refractivity contribution >= 4 is 19.8 Å². The first-order chi connectivity index (χ1) is 22.8. The van der Waals surface area contributed by atoms with Crippen LogP contribution in [0.5, 0.6) is 0 Å². The Hall–Kier alpha value is -0.990.